The third-order valence-electron chi connectivity index (χ3n) is 3.95. The molecule has 2 nitrogen and oxygen atoms in total. The molecule has 1 atom stereocenters. The van der Waals surface area contributed by atoms with E-state index in [1.807, 2.05) is 65.6 Å². The Morgan fingerprint density at radius 1 is 1.14 bits per heavy atom. The van der Waals surface area contributed by atoms with Crippen molar-refractivity contribution in [3.05, 3.63) is 35.9 Å². The van der Waals surface area contributed by atoms with Gasteiger partial charge in [-0.25, -0.2) is 0 Å². The highest BCUT2D eigenvalue weighted by Gasteiger charge is 2.54. The first-order chi connectivity index (χ1) is 10.2. The van der Waals surface area contributed by atoms with Crippen molar-refractivity contribution in [3.63, 3.8) is 0 Å². The van der Waals surface area contributed by atoms with Gasteiger partial charge < -0.3 is 9.84 Å². The van der Waals surface area contributed by atoms with Crippen LogP contribution in [0.3, 0.4) is 0 Å². The van der Waals surface area contributed by atoms with Gasteiger partial charge in [-0.15, -0.1) is 35.3 Å². The van der Waals surface area contributed by atoms with Crippen molar-refractivity contribution in [1.82, 2.24) is 0 Å². The molecule has 2 bridgehead atoms. The van der Waals surface area contributed by atoms with Gasteiger partial charge in [-0.05, 0) is 12.0 Å². The minimum absolute atomic E-state index is 0.131. The van der Waals surface area contributed by atoms with Crippen LogP contribution in [0.2, 0.25) is 0 Å². The average Bonchev–Trinajstić information content (AvgIpc) is 2.57. The van der Waals surface area contributed by atoms with Crippen molar-refractivity contribution in [2.45, 2.75) is 22.9 Å². The van der Waals surface area contributed by atoms with Gasteiger partial charge in [0, 0.05) is 29.3 Å². The van der Waals surface area contributed by atoms with Crippen LogP contribution in [0.1, 0.15) is 25.0 Å². The summed E-state index contributed by atoms with van der Waals surface area (Å²) in [5.74, 6) is 3.29. The quantitative estimate of drug-likeness (QED) is 0.789. The van der Waals surface area contributed by atoms with Gasteiger partial charge in [-0.1, -0.05) is 37.3 Å². The van der Waals surface area contributed by atoms with E-state index in [1.165, 1.54) is 0 Å². The zero-order valence-corrected chi connectivity index (χ0v) is 14.7. The SMILES string of the molecule is CCCOCC12CSC(C(O)c3ccccc3)(SC1)SC2. The lowest BCUT2D eigenvalue weighted by atomic mass is 9.97. The summed E-state index contributed by atoms with van der Waals surface area (Å²) in [7, 11) is 0. The molecule has 1 unspecified atom stereocenters. The minimum atomic E-state index is -0.409. The highest BCUT2D eigenvalue weighted by molar-refractivity contribution is 8.34. The molecule has 0 radical (unpaired) electrons. The highest BCUT2D eigenvalue weighted by atomic mass is 32.3. The van der Waals surface area contributed by atoms with Gasteiger partial charge in [-0.3, -0.25) is 0 Å². The van der Waals surface area contributed by atoms with Gasteiger partial charge in [0.15, 0.2) is 0 Å². The Labute approximate surface area is 139 Å². The second-order valence-corrected chi connectivity index (χ2v) is 10.3. The lowest BCUT2D eigenvalue weighted by Gasteiger charge is -2.53. The van der Waals surface area contributed by atoms with Gasteiger partial charge in [-0.2, -0.15) is 0 Å². The van der Waals surface area contributed by atoms with E-state index in [-0.39, 0.29) is 3.41 Å². The number of aliphatic hydroxyl groups excluding tert-OH is 1. The van der Waals surface area contributed by atoms with Gasteiger partial charge >= 0.3 is 0 Å². The monoisotopic (exact) mass is 342 g/mol. The Hall–Kier alpha value is 0.190. The molecule has 3 heterocycles. The maximum Gasteiger partial charge on any atom is 0.137 e. The Morgan fingerprint density at radius 2 is 1.76 bits per heavy atom. The third-order valence-corrected chi connectivity index (χ3v) is 10.2. The molecule has 3 aliphatic rings. The number of thioether (sulfide) groups is 3. The summed E-state index contributed by atoms with van der Waals surface area (Å²) in [6.07, 6.45) is 0.675. The Kier molecular flexibility index (Phi) is 5.16. The molecule has 1 aromatic carbocycles. The Balaban J connectivity index is 1.66. The van der Waals surface area contributed by atoms with Crippen molar-refractivity contribution >= 4 is 35.3 Å². The molecule has 0 spiro atoms. The molecule has 5 heteroatoms. The second-order valence-electron chi connectivity index (χ2n) is 5.84. The molecular formula is C16H22O2S3. The van der Waals surface area contributed by atoms with Crippen LogP contribution in [-0.4, -0.2) is 39.0 Å². The largest absolute Gasteiger partial charge is 0.385 e. The number of benzene rings is 1. The summed E-state index contributed by atoms with van der Waals surface area (Å²) in [6, 6.07) is 10.1. The summed E-state index contributed by atoms with van der Waals surface area (Å²) in [5.41, 5.74) is 1.33. The van der Waals surface area contributed by atoms with Crippen LogP contribution < -0.4 is 0 Å². The van der Waals surface area contributed by atoms with E-state index in [0.29, 0.717) is 5.41 Å². The summed E-state index contributed by atoms with van der Waals surface area (Å²) in [5, 5.41) is 10.8. The number of ether oxygens (including phenoxy) is 1. The van der Waals surface area contributed by atoms with Gasteiger partial charge in [0.2, 0.25) is 0 Å². The standard InChI is InChI=1S/C16H22O2S3/c1-2-8-18-9-15-10-19-16(20-11-15,21-12-15)14(17)13-6-4-3-5-7-13/h3-7,14,17H,2,8-12H2,1H3. The first-order valence-electron chi connectivity index (χ1n) is 7.42. The number of aliphatic hydroxyl groups is 1. The molecule has 1 N–H and O–H groups in total. The van der Waals surface area contributed by atoms with Crippen molar-refractivity contribution in [1.29, 1.82) is 0 Å². The van der Waals surface area contributed by atoms with Crippen molar-refractivity contribution < 1.29 is 9.84 Å². The van der Waals surface area contributed by atoms with Crippen molar-refractivity contribution in [3.8, 4) is 0 Å². The van der Waals surface area contributed by atoms with E-state index in [2.05, 4.69) is 6.92 Å². The van der Waals surface area contributed by atoms with Gasteiger partial charge in [0.25, 0.3) is 0 Å². The first-order valence-corrected chi connectivity index (χ1v) is 10.4. The molecule has 4 rings (SSSR count). The predicted octanol–water partition coefficient (Wildman–Crippen LogP) is 4.01. The summed E-state index contributed by atoms with van der Waals surface area (Å²) < 4.78 is 5.69. The fourth-order valence-corrected chi connectivity index (χ4v) is 8.36. The maximum absolute atomic E-state index is 10.8. The molecule has 3 fully saturated rings. The lowest BCUT2D eigenvalue weighted by molar-refractivity contribution is 0.0758. The smallest absolute Gasteiger partial charge is 0.137 e. The predicted molar refractivity (Wildman–Crippen MR) is 95.0 cm³/mol. The highest BCUT2D eigenvalue weighted by Crippen LogP contribution is 2.66. The molecule has 21 heavy (non-hydrogen) atoms. The zero-order chi connectivity index (χ0) is 14.8. The maximum atomic E-state index is 10.8. The molecule has 0 aromatic heterocycles. The third kappa shape index (κ3) is 3.27. The van der Waals surface area contributed by atoms with Crippen LogP contribution in [0.4, 0.5) is 0 Å². The van der Waals surface area contributed by atoms with Crippen LogP contribution in [0, 0.1) is 5.41 Å². The molecule has 0 aliphatic carbocycles. The fourth-order valence-electron chi connectivity index (χ4n) is 2.65. The number of hydrogen-bond donors (Lipinski definition) is 1. The van der Waals surface area contributed by atoms with Crippen LogP contribution in [0.15, 0.2) is 30.3 Å². The fraction of sp³-hybridized carbons (Fsp3) is 0.625. The van der Waals surface area contributed by atoms with Crippen molar-refractivity contribution in [2.75, 3.05) is 30.5 Å². The molecule has 0 saturated carbocycles. The lowest BCUT2D eigenvalue weighted by Crippen LogP contribution is -2.49. The molecule has 3 saturated heterocycles. The van der Waals surface area contributed by atoms with E-state index in [1.54, 1.807) is 0 Å². The van der Waals surface area contributed by atoms with Crippen LogP contribution >= 0.6 is 35.3 Å². The van der Waals surface area contributed by atoms with Gasteiger partial charge in [0.05, 0.1) is 6.61 Å². The summed E-state index contributed by atoms with van der Waals surface area (Å²) >= 11 is 5.75. The normalized spacial score (nSPS) is 33.0. The zero-order valence-electron chi connectivity index (χ0n) is 12.3. The molecule has 1 aromatic rings. The molecule has 116 valence electrons. The van der Waals surface area contributed by atoms with E-state index in [0.717, 1.165) is 42.5 Å². The van der Waals surface area contributed by atoms with Crippen LogP contribution in [-0.2, 0) is 4.74 Å². The second kappa shape index (κ2) is 6.75. The number of fused-ring (bicyclic) bond motifs is 3. The van der Waals surface area contributed by atoms with Crippen LogP contribution in [0.5, 0.6) is 0 Å². The Bertz CT molecular complexity index is 441. The molecule has 3 aliphatic heterocycles. The first kappa shape index (κ1) is 16.1. The summed E-state index contributed by atoms with van der Waals surface area (Å²) in [4.78, 5) is 0. The molecular weight excluding hydrogens is 320 g/mol. The average molecular weight is 343 g/mol. The Morgan fingerprint density at radius 3 is 2.33 bits per heavy atom. The number of rotatable bonds is 6. The van der Waals surface area contributed by atoms with E-state index >= 15 is 0 Å². The number of hydrogen-bond acceptors (Lipinski definition) is 5. The van der Waals surface area contributed by atoms with Crippen LogP contribution in [0.25, 0.3) is 0 Å². The van der Waals surface area contributed by atoms with E-state index in [4.69, 9.17) is 4.74 Å². The van der Waals surface area contributed by atoms with Gasteiger partial charge in [0.1, 0.15) is 9.52 Å². The van der Waals surface area contributed by atoms with E-state index in [9.17, 15) is 5.11 Å². The molecule has 0 amide bonds. The van der Waals surface area contributed by atoms with E-state index < -0.39 is 6.10 Å². The van der Waals surface area contributed by atoms with Crippen molar-refractivity contribution in [2.24, 2.45) is 5.41 Å². The minimum Gasteiger partial charge on any atom is -0.385 e. The topological polar surface area (TPSA) is 29.5 Å². The summed E-state index contributed by atoms with van der Waals surface area (Å²) in [6.45, 7) is 3.88.